The van der Waals surface area contributed by atoms with Crippen LogP contribution < -0.4 is 0 Å². The van der Waals surface area contributed by atoms with Crippen LogP contribution in [0.2, 0.25) is 0 Å². The summed E-state index contributed by atoms with van der Waals surface area (Å²) >= 11 is 0. The summed E-state index contributed by atoms with van der Waals surface area (Å²) in [5, 5.41) is 0. The Labute approximate surface area is 77.5 Å². The Kier molecular flexibility index (Phi) is 2.96. The van der Waals surface area contributed by atoms with Crippen molar-refractivity contribution in [2.45, 2.75) is 33.1 Å². The van der Waals surface area contributed by atoms with E-state index >= 15 is 0 Å². The Balaban J connectivity index is 2.90. The molecule has 0 saturated heterocycles. The molecule has 13 heavy (non-hydrogen) atoms. The third-order valence-electron chi connectivity index (χ3n) is 2.66. The number of hydrogen-bond acceptors (Lipinski definition) is 3. The molecule has 1 aliphatic rings. The molecule has 0 aromatic rings. The van der Waals surface area contributed by atoms with Crippen molar-refractivity contribution in [3.05, 3.63) is 0 Å². The van der Waals surface area contributed by atoms with Gasteiger partial charge < -0.3 is 0 Å². The molecule has 2 atom stereocenters. The fourth-order valence-electron chi connectivity index (χ4n) is 1.97. The summed E-state index contributed by atoms with van der Waals surface area (Å²) in [6.45, 7) is 3.24. The van der Waals surface area contributed by atoms with Crippen LogP contribution in [0.25, 0.3) is 0 Å². The predicted molar refractivity (Wildman–Crippen MR) is 47.2 cm³/mol. The van der Waals surface area contributed by atoms with Gasteiger partial charge in [-0.1, -0.05) is 6.92 Å². The van der Waals surface area contributed by atoms with Gasteiger partial charge in [0.1, 0.15) is 17.3 Å². The molecular formula is C10H14O3. The number of hydrogen-bond donors (Lipinski definition) is 0. The van der Waals surface area contributed by atoms with E-state index in [1.165, 1.54) is 6.92 Å². The number of ketones is 3. The minimum Gasteiger partial charge on any atom is -0.299 e. The molecule has 0 aromatic heterocycles. The van der Waals surface area contributed by atoms with Crippen molar-refractivity contribution in [3.63, 3.8) is 0 Å². The second-order valence-electron chi connectivity index (χ2n) is 3.54. The van der Waals surface area contributed by atoms with Gasteiger partial charge in [0.2, 0.25) is 0 Å². The zero-order chi connectivity index (χ0) is 10.0. The molecule has 0 bridgehead atoms. The molecule has 3 nitrogen and oxygen atoms in total. The van der Waals surface area contributed by atoms with E-state index in [2.05, 4.69) is 0 Å². The first-order valence-electron chi connectivity index (χ1n) is 4.63. The van der Waals surface area contributed by atoms with E-state index in [1.54, 1.807) is 0 Å². The lowest BCUT2D eigenvalue weighted by Crippen LogP contribution is -2.39. The summed E-state index contributed by atoms with van der Waals surface area (Å²) in [6.07, 6.45) is 1.16. The van der Waals surface area contributed by atoms with Gasteiger partial charge in [-0.15, -0.1) is 0 Å². The normalized spacial score (nSPS) is 29.1. The number of carbonyl (C=O) groups excluding carboxylic acids is 3. The van der Waals surface area contributed by atoms with Crippen molar-refractivity contribution in [3.8, 4) is 0 Å². The molecule has 1 aliphatic carbocycles. The van der Waals surface area contributed by atoms with E-state index in [9.17, 15) is 14.4 Å². The Morgan fingerprint density at radius 3 is 2.23 bits per heavy atom. The zero-order valence-corrected chi connectivity index (χ0v) is 8.00. The summed E-state index contributed by atoms with van der Waals surface area (Å²) in [4.78, 5) is 33.9. The fourth-order valence-corrected chi connectivity index (χ4v) is 1.97. The standard InChI is InChI=1S/C10H14O3/c1-3-7-8(12)4-5-9(13)10(7)6(2)11/h7,10H,3-5H2,1-2H3. The minimum atomic E-state index is -0.647. The van der Waals surface area contributed by atoms with Crippen LogP contribution >= 0.6 is 0 Å². The van der Waals surface area contributed by atoms with Crippen molar-refractivity contribution in [1.29, 1.82) is 0 Å². The second-order valence-corrected chi connectivity index (χ2v) is 3.54. The summed E-state index contributed by atoms with van der Waals surface area (Å²) in [6, 6.07) is 0. The molecule has 0 amide bonds. The van der Waals surface area contributed by atoms with Crippen LogP contribution in [0.3, 0.4) is 0 Å². The highest BCUT2D eigenvalue weighted by Gasteiger charge is 2.38. The van der Waals surface area contributed by atoms with Crippen LogP contribution in [-0.2, 0) is 14.4 Å². The molecule has 0 N–H and O–H groups in total. The summed E-state index contributed by atoms with van der Waals surface area (Å²) in [7, 11) is 0. The van der Waals surface area contributed by atoms with E-state index < -0.39 is 5.92 Å². The second kappa shape index (κ2) is 3.81. The Morgan fingerprint density at radius 2 is 1.85 bits per heavy atom. The third-order valence-corrected chi connectivity index (χ3v) is 2.66. The molecule has 1 fully saturated rings. The fraction of sp³-hybridized carbons (Fsp3) is 0.700. The van der Waals surface area contributed by atoms with Gasteiger partial charge >= 0.3 is 0 Å². The molecule has 0 aromatic carbocycles. The van der Waals surface area contributed by atoms with Gasteiger partial charge in [-0.3, -0.25) is 14.4 Å². The van der Waals surface area contributed by atoms with E-state index in [0.29, 0.717) is 12.8 Å². The molecule has 0 spiro atoms. The SMILES string of the molecule is CCC1C(=O)CCC(=O)C1C(C)=O. The molecule has 3 heteroatoms. The van der Waals surface area contributed by atoms with Crippen molar-refractivity contribution in [1.82, 2.24) is 0 Å². The zero-order valence-electron chi connectivity index (χ0n) is 8.00. The highest BCUT2D eigenvalue weighted by Crippen LogP contribution is 2.27. The molecule has 1 rings (SSSR count). The van der Waals surface area contributed by atoms with Gasteiger partial charge in [0.25, 0.3) is 0 Å². The van der Waals surface area contributed by atoms with Crippen LogP contribution in [0.5, 0.6) is 0 Å². The van der Waals surface area contributed by atoms with Crippen molar-refractivity contribution in [2.75, 3.05) is 0 Å². The number of Topliss-reactive ketones (excluding diaryl/α,β-unsaturated/α-hetero) is 3. The largest absolute Gasteiger partial charge is 0.299 e. The Morgan fingerprint density at radius 1 is 1.31 bits per heavy atom. The maximum absolute atomic E-state index is 11.4. The smallest absolute Gasteiger partial charge is 0.144 e. The van der Waals surface area contributed by atoms with Crippen LogP contribution in [-0.4, -0.2) is 17.3 Å². The van der Waals surface area contributed by atoms with Gasteiger partial charge in [-0.2, -0.15) is 0 Å². The van der Waals surface area contributed by atoms with Gasteiger partial charge in [-0.25, -0.2) is 0 Å². The van der Waals surface area contributed by atoms with E-state index in [-0.39, 0.29) is 29.7 Å². The van der Waals surface area contributed by atoms with Crippen molar-refractivity contribution in [2.24, 2.45) is 11.8 Å². The van der Waals surface area contributed by atoms with Crippen molar-refractivity contribution < 1.29 is 14.4 Å². The lowest BCUT2D eigenvalue weighted by molar-refractivity contribution is -0.143. The number of carbonyl (C=O) groups is 3. The maximum Gasteiger partial charge on any atom is 0.144 e. The molecule has 0 heterocycles. The highest BCUT2D eigenvalue weighted by molar-refractivity contribution is 6.08. The first-order valence-corrected chi connectivity index (χ1v) is 4.63. The third kappa shape index (κ3) is 1.85. The van der Waals surface area contributed by atoms with Crippen molar-refractivity contribution >= 4 is 17.3 Å². The summed E-state index contributed by atoms with van der Waals surface area (Å²) < 4.78 is 0. The lowest BCUT2D eigenvalue weighted by atomic mass is 9.74. The molecule has 0 radical (unpaired) electrons. The molecule has 0 aliphatic heterocycles. The van der Waals surface area contributed by atoms with Gasteiger partial charge in [0.05, 0.1) is 5.92 Å². The van der Waals surface area contributed by atoms with E-state index in [4.69, 9.17) is 0 Å². The minimum absolute atomic E-state index is 0.0565. The molecule has 1 saturated carbocycles. The summed E-state index contributed by atoms with van der Waals surface area (Å²) in [5.74, 6) is -1.14. The van der Waals surface area contributed by atoms with Crippen LogP contribution in [0, 0.1) is 11.8 Å². The Hall–Kier alpha value is -0.990. The monoisotopic (exact) mass is 182 g/mol. The van der Waals surface area contributed by atoms with Gasteiger partial charge in [0, 0.05) is 18.8 Å². The average molecular weight is 182 g/mol. The summed E-state index contributed by atoms with van der Waals surface area (Å²) in [5.41, 5.74) is 0. The first-order chi connectivity index (χ1) is 6.07. The van der Waals surface area contributed by atoms with Crippen LogP contribution in [0.1, 0.15) is 33.1 Å². The topological polar surface area (TPSA) is 51.2 Å². The quantitative estimate of drug-likeness (QED) is 0.602. The van der Waals surface area contributed by atoms with E-state index in [1.807, 2.05) is 6.92 Å². The average Bonchev–Trinajstić information content (AvgIpc) is 2.07. The number of rotatable bonds is 2. The van der Waals surface area contributed by atoms with E-state index in [0.717, 1.165) is 0 Å². The maximum atomic E-state index is 11.4. The van der Waals surface area contributed by atoms with Crippen LogP contribution in [0.15, 0.2) is 0 Å². The van der Waals surface area contributed by atoms with Gasteiger partial charge in [0.15, 0.2) is 0 Å². The Bertz CT molecular complexity index is 255. The predicted octanol–water partition coefficient (Wildman–Crippen LogP) is 1.15. The highest BCUT2D eigenvalue weighted by atomic mass is 16.2. The van der Waals surface area contributed by atoms with Crippen LogP contribution in [0.4, 0.5) is 0 Å². The lowest BCUT2D eigenvalue weighted by Gasteiger charge is -2.26. The molecule has 2 unspecified atom stereocenters. The molecule has 72 valence electrons. The molecular weight excluding hydrogens is 168 g/mol. The van der Waals surface area contributed by atoms with Gasteiger partial charge in [-0.05, 0) is 13.3 Å². The first kappa shape index (κ1) is 10.1.